The molecule has 3 aromatic rings. The third-order valence-corrected chi connectivity index (χ3v) is 7.09. The molecule has 0 aromatic heterocycles. The minimum Gasteiger partial charge on any atom is -0.361 e. The van der Waals surface area contributed by atoms with Gasteiger partial charge < -0.3 is 15.1 Å². The number of hydrogen-bond donors (Lipinski definition) is 1. The molecule has 7 rings (SSSR count). The van der Waals surface area contributed by atoms with Gasteiger partial charge >= 0.3 is 0 Å². The Kier molecular flexibility index (Phi) is 3.16. The van der Waals surface area contributed by atoms with E-state index in [1.807, 2.05) is 0 Å². The van der Waals surface area contributed by atoms with Crippen LogP contribution in [0, 0.1) is 0 Å². The molecule has 4 heterocycles. The number of nitrogens with one attached hydrogen (secondary N) is 1. The Labute approximate surface area is 171 Å². The fraction of sp³-hybridized carbons (Fsp3) is 0.280. The summed E-state index contributed by atoms with van der Waals surface area (Å²) in [5.74, 6) is 0. The monoisotopic (exact) mass is 380 g/mol. The first-order valence-corrected chi connectivity index (χ1v) is 10.8. The summed E-state index contributed by atoms with van der Waals surface area (Å²) in [7, 11) is 0. The minimum absolute atomic E-state index is 0.156. The van der Waals surface area contributed by atoms with Crippen molar-refractivity contribution in [1.29, 1.82) is 0 Å². The van der Waals surface area contributed by atoms with Crippen molar-refractivity contribution >= 4 is 17.1 Å². The average molecular weight is 380 g/mol. The molecule has 4 bridgehead atoms. The maximum Gasteiger partial charge on any atom is 0.134 e. The number of fused-ring (bicyclic) bond motifs is 5. The fourth-order valence-electron chi connectivity index (χ4n) is 5.94. The predicted molar refractivity (Wildman–Crippen MR) is 117 cm³/mol. The first-order chi connectivity index (χ1) is 14.4. The molecular weight excluding hydrogens is 356 g/mol. The summed E-state index contributed by atoms with van der Waals surface area (Å²) in [5.41, 5.74) is 8.18. The van der Waals surface area contributed by atoms with Crippen LogP contribution >= 0.6 is 0 Å². The van der Waals surface area contributed by atoms with Crippen molar-refractivity contribution in [2.24, 2.45) is 0 Å². The van der Waals surface area contributed by atoms with Crippen LogP contribution in [0.15, 0.2) is 72.8 Å². The molecule has 1 N–H and O–H groups in total. The summed E-state index contributed by atoms with van der Waals surface area (Å²) < 4.78 is 0. The molecule has 3 atom stereocenters. The van der Waals surface area contributed by atoms with E-state index < -0.39 is 0 Å². The zero-order valence-corrected chi connectivity index (χ0v) is 16.3. The van der Waals surface area contributed by atoms with Gasteiger partial charge in [-0.1, -0.05) is 54.6 Å². The lowest BCUT2D eigenvalue weighted by Crippen LogP contribution is -2.59. The van der Waals surface area contributed by atoms with Gasteiger partial charge in [0, 0.05) is 46.8 Å². The second kappa shape index (κ2) is 5.77. The van der Waals surface area contributed by atoms with Crippen molar-refractivity contribution in [3.8, 4) is 0 Å². The molecule has 4 nitrogen and oxygen atoms in total. The van der Waals surface area contributed by atoms with Crippen LogP contribution in [0.5, 0.6) is 0 Å². The van der Waals surface area contributed by atoms with E-state index in [0.29, 0.717) is 0 Å². The molecule has 0 aliphatic carbocycles. The predicted octanol–water partition coefficient (Wildman–Crippen LogP) is 5.24. The van der Waals surface area contributed by atoms with Crippen LogP contribution in [0.4, 0.5) is 17.1 Å². The summed E-state index contributed by atoms with van der Waals surface area (Å²) in [6, 6.07) is 26.9. The molecule has 0 radical (unpaired) electrons. The standard InChI is InChI=1S/C25H24N4/c1-4-12-20-17(9-1)25-28-22-14-6-3-11-19(22)24(27-15-7-8-16-27)29(25)21-13-5-2-10-18(21)23(28)26-20/h1-6,9-14,23-26H,7-8,15-16H2/t23-,24-,25+/m1/s1. The van der Waals surface area contributed by atoms with E-state index in [1.54, 1.807) is 0 Å². The first kappa shape index (κ1) is 15.9. The van der Waals surface area contributed by atoms with Crippen LogP contribution in [0.1, 0.15) is 48.0 Å². The Bertz CT molecular complexity index is 1100. The molecule has 1 saturated heterocycles. The first-order valence-electron chi connectivity index (χ1n) is 10.8. The summed E-state index contributed by atoms with van der Waals surface area (Å²) in [5, 5.41) is 3.85. The van der Waals surface area contributed by atoms with Gasteiger partial charge in [-0.15, -0.1) is 0 Å². The molecular formula is C25H24N4. The lowest BCUT2D eigenvalue weighted by Gasteiger charge is -2.61. The number of anilines is 3. The summed E-state index contributed by atoms with van der Waals surface area (Å²) >= 11 is 0. The van der Waals surface area contributed by atoms with Crippen molar-refractivity contribution in [1.82, 2.24) is 4.90 Å². The Morgan fingerprint density at radius 2 is 1.24 bits per heavy atom. The topological polar surface area (TPSA) is 21.8 Å². The van der Waals surface area contributed by atoms with E-state index in [9.17, 15) is 0 Å². The largest absolute Gasteiger partial charge is 0.361 e. The van der Waals surface area contributed by atoms with Crippen LogP contribution < -0.4 is 15.1 Å². The van der Waals surface area contributed by atoms with Gasteiger partial charge in [-0.05, 0) is 31.0 Å². The summed E-state index contributed by atoms with van der Waals surface area (Å²) in [6.45, 7) is 2.35. The van der Waals surface area contributed by atoms with Gasteiger partial charge in [-0.3, -0.25) is 4.90 Å². The number of hydrogen-bond acceptors (Lipinski definition) is 4. The highest BCUT2D eigenvalue weighted by Crippen LogP contribution is 2.59. The maximum atomic E-state index is 3.85. The Hall–Kier alpha value is -2.98. The quantitative estimate of drug-likeness (QED) is 0.623. The van der Waals surface area contributed by atoms with Gasteiger partial charge in [-0.25, -0.2) is 0 Å². The maximum absolute atomic E-state index is 3.85. The van der Waals surface area contributed by atoms with Crippen molar-refractivity contribution in [3.05, 3.63) is 89.5 Å². The van der Waals surface area contributed by atoms with E-state index in [-0.39, 0.29) is 18.5 Å². The van der Waals surface area contributed by atoms with E-state index >= 15 is 0 Å². The number of nitrogens with zero attached hydrogens (tertiary/aromatic N) is 3. The highest BCUT2D eigenvalue weighted by Gasteiger charge is 2.52. The molecule has 0 unspecified atom stereocenters. The van der Waals surface area contributed by atoms with Crippen molar-refractivity contribution in [2.45, 2.75) is 31.3 Å². The normalized spacial score (nSPS) is 26.4. The minimum atomic E-state index is 0.156. The van der Waals surface area contributed by atoms with Crippen LogP contribution in [0.2, 0.25) is 0 Å². The number of rotatable bonds is 1. The number of para-hydroxylation sites is 3. The van der Waals surface area contributed by atoms with Crippen molar-refractivity contribution in [2.75, 3.05) is 28.2 Å². The molecule has 4 aliphatic heterocycles. The Morgan fingerprint density at radius 1 is 0.621 bits per heavy atom. The molecule has 4 aliphatic rings. The molecule has 1 fully saturated rings. The lowest BCUT2D eigenvalue weighted by atomic mass is 9.88. The second-order valence-electron chi connectivity index (χ2n) is 8.56. The highest BCUT2D eigenvalue weighted by atomic mass is 15.5. The van der Waals surface area contributed by atoms with Gasteiger partial charge in [0.15, 0.2) is 0 Å². The Balaban J connectivity index is 1.55. The number of likely N-dealkylation sites (tertiary alicyclic amines) is 1. The zero-order chi connectivity index (χ0) is 18.9. The van der Waals surface area contributed by atoms with E-state index in [2.05, 4.69) is 92.8 Å². The SMILES string of the molecule is c1ccc2c(c1)N[C@H]1c3ccccc3N3[C@@H]2N1c1ccccc1[C@@H]3N1CCCC1. The smallest absolute Gasteiger partial charge is 0.134 e. The van der Waals surface area contributed by atoms with E-state index in [0.717, 1.165) is 0 Å². The Morgan fingerprint density at radius 3 is 2.03 bits per heavy atom. The fourth-order valence-corrected chi connectivity index (χ4v) is 5.94. The van der Waals surface area contributed by atoms with Gasteiger partial charge in [0.25, 0.3) is 0 Å². The number of benzene rings is 3. The average Bonchev–Trinajstić information content (AvgIpc) is 3.31. The van der Waals surface area contributed by atoms with Crippen molar-refractivity contribution in [3.63, 3.8) is 0 Å². The van der Waals surface area contributed by atoms with Gasteiger partial charge in [0.2, 0.25) is 0 Å². The van der Waals surface area contributed by atoms with Crippen LogP contribution in [0.25, 0.3) is 0 Å². The van der Waals surface area contributed by atoms with Crippen LogP contribution in [0.3, 0.4) is 0 Å². The molecule has 29 heavy (non-hydrogen) atoms. The summed E-state index contributed by atoms with van der Waals surface area (Å²) in [6.07, 6.45) is 3.24. The third-order valence-electron chi connectivity index (χ3n) is 7.09. The van der Waals surface area contributed by atoms with Gasteiger partial charge in [-0.2, -0.15) is 0 Å². The zero-order valence-electron chi connectivity index (χ0n) is 16.3. The van der Waals surface area contributed by atoms with Crippen LogP contribution in [-0.2, 0) is 0 Å². The second-order valence-corrected chi connectivity index (χ2v) is 8.56. The van der Waals surface area contributed by atoms with Crippen LogP contribution in [-0.4, -0.2) is 18.0 Å². The lowest BCUT2D eigenvalue weighted by molar-refractivity contribution is 0.205. The third kappa shape index (κ3) is 2.02. The molecule has 0 amide bonds. The summed E-state index contributed by atoms with van der Waals surface area (Å²) in [4.78, 5) is 7.99. The van der Waals surface area contributed by atoms with Gasteiger partial charge in [0.05, 0.1) is 0 Å². The molecule has 3 aromatic carbocycles. The molecule has 0 spiro atoms. The van der Waals surface area contributed by atoms with E-state index in [4.69, 9.17) is 0 Å². The van der Waals surface area contributed by atoms with Gasteiger partial charge in [0.1, 0.15) is 18.5 Å². The molecule has 4 heteroatoms. The highest BCUT2D eigenvalue weighted by molar-refractivity contribution is 5.78. The molecule has 0 saturated carbocycles. The van der Waals surface area contributed by atoms with E-state index in [1.165, 1.54) is 59.7 Å². The molecule has 144 valence electrons. The van der Waals surface area contributed by atoms with Crippen molar-refractivity contribution < 1.29 is 0 Å².